The maximum Gasteiger partial charge on any atom is 0.202 e. The summed E-state index contributed by atoms with van der Waals surface area (Å²) in [4.78, 5) is 127. The van der Waals surface area contributed by atoms with E-state index in [0.29, 0.717) is 46.0 Å². The number of methoxy groups -OCH3 is 3. The van der Waals surface area contributed by atoms with Gasteiger partial charge in [0.2, 0.25) is 17.3 Å². The third-order valence-corrected chi connectivity index (χ3v) is 27.7. The fraction of sp³-hybridized carbons (Fsp3) is 0.489. The number of aliphatic hydroxyl groups excluding tert-OH is 6. The van der Waals surface area contributed by atoms with Gasteiger partial charge in [-0.05, 0) is 51.6 Å². The van der Waals surface area contributed by atoms with E-state index in [-0.39, 0.29) is 122 Å². The molecule has 0 spiro atoms. The monoisotopic (exact) mass is 1850 g/mol. The number of hydrogen-bond acceptors (Lipinski definition) is 39. The topological polar surface area (TPSA) is 592 Å². The molecule has 15 N–H and O–H groups in total. The molecule has 0 radical (unpaired) electrons. The molecule has 6 aromatic rings. The molecule has 133 heavy (non-hydrogen) atoms. The lowest BCUT2D eigenvalue weighted by Gasteiger charge is -2.47. The zero-order valence-electron chi connectivity index (χ0n) is 73.1. The first-order chi connectivity index (χ1) is 63.4. The number of aromatic hydroxyl groups is 6. The van der Waals surface area contributed by atoms with Crippen LogP contribution in [0.1, 0.15) is 213 Å². The Kier molecular flexibility index (Phi) is 26.6. The average Bonchev–Trinajstić information content (AvgIpc) is 1.02. The summed E-state index contributed by atoms with van der Waals surface area (Å²) in [5.41, 5.74) is -10.8. The zero-order chi connectivity index (χ0) is 95.4. The Balaban J connectivity index is 0.000000145. The SMILES string of the molecule is COc1cccc2c1C(=O)c1c(O)c3c(c(O)c1C2=O)C[C@@](O)(C(=O)CO)C[C@@H]3O[C@H]1C[C@@H](N2C=CCC2)[C@H](O)C(C)O1.COc1cccc2c1C(=O)c1c(O)c3c(c(O)c1C2=O)C[C@@](O)(C(=O)CO)C[C@@H]3O[C@H]1C[C@@H](N2CCOCC2)[C@H](O)C(C)O1.COc1cccc2c1C(=O)c1c(O)c3c(c(O)c1C2=O)C[C@@](O)(C(=O)CO)C[C@@H]3O[C@H]1C[C@@H](N2CCOCC2C#N)[C@H](O)C(C)O1. The molecule has 6 aliphatic carbocycles. The van der Waals surface area contributed by atoms with Gasteiger partial charge in [-0.3, -0.25) is 53.0 Å². The summed E-state index contributed by atoms with van der Waals surface area (Å²) in [6, 6.07) is 13.4. The van der Waals surface area contributed by atoms with E-state index in [9.17, 15) is 125 Å². The molecule has 0 amide bonds. The van der Waals surface area contributed by atoms with Gasteiger partial charge in [0.25, 0.3) is 0 Å². The second-order valence-electron chi connectivity index (χ2n) is 35.2. The van der Waals surface area contributed by atoms with E-state index in [2.05, 4.69) is 11.0 Å². The lowest BCUT2D eigenvalue weighted by Crippen LogP contribution is -2.60. The predicted molar refractivity (Wildman–Crippen MR) is 452 cm³/mol. The second kappa shape index (κ2) is 37.2. The molecule has 0 saturated carbocycles. The van der Waals surface area contributed by atoms with E-state index in [1.165, 1.54) is 75.9 Å². The first-order valence-corrected chi connectivity index (χ1v) is 43.6. The van der Waals surface area contributed by atoms with Gasteiger partial charge in [-0.25, -0.2) is 0 Å². The summed E-state index contributed by atoms with van der Waals surface area (Å²) < 4.78 is 63.5. The molecule has 4 unspecified atom stereocenters. The van der Waals surface area contributed by atoms with Crippen LogP contribution in [-0.2, 0) is 71.5 Å². The molecule has 39 nitrogen and oxygen atoms in total. The predicted octanol–water partition coefficient (Wildman–Crippen LogP) is 1.90. The van der Waals surface area contributed by atoms with Gasteiger partial charge in [0, 0.05) is 146 Å². The highest BCUT2D eigenvalue weighted by molar-refractivity contribution is 6.33. The molecule has 708 valence electrons. The van der Waals surface area contributed by atoms with Gasteiger partial charge >= 0.3 is 0 Å². The number of rotatable bonds is 18. The molecule has 6 heterocycles. The van der Waals surface area contributed by atoms with Crippen molar-refractivity contribution < 1.29 is 172 Å². The molecule has 12 aliphatic rings. The van der Waals surface area contributed by atoms with Gasteiger partial charge in [-0.2, -0.15) is 5.26 Å². The standard InChI is InChI=1S/C32H34N2O12.C31H35NO12.C31H33NO11/c1-14-27(37)18(34-6-7-44-13-15(34)11-33)8-22(45-14)46-20-10-32(42,21(36)12-35)9-17-24(20)31(41)26-25(29(17)39)28(38)16-4-3-5-19(43-2)23(16)30(26)40;1-14-26(35)17(32-6-8-42-9-7-32)10-21(43-14)44-19-12-31(40,20(34)13-33)11-16-23(19)30(39)25-24(28(16)37)27(36)15-4-3-5-18(41-2)22(15)29(25)38;1-14-26(35)17(32-8-3-4-9-32)10-21(42-14)43-19-12-31(40,20(34)13-33)11-16-23(19)30(39)25-24(28(16)37)27(36)15-6-5-7-18(41-2)22(15)29(25)38/h3-5,14-15,18,20,22,27,35,37,39,41-42H,6-10,12-13H2,1-2H3;3-5,14,17,19,21,26,33,35,37,39-40H,6-13H2,1-2H3;3,5-8,14,17,19,21,26,33,35,37,39-40H,4,9-13H2,1-2H3/t14?,15?,18-,20+,22+,27-,32+;2*14?,17-,19+,21+,26-,31+/m111/s1. The Hall–Kier alpha value is -11.2. The number of benzene rings is 6. The van der Waals surface area contributed by atoms with E-state index < -0.39 is 281 Å². The number of morpholine rings is 2. The molecule has 18 rings (SSSR count). The fourth-order valence-corrected chi connectivity index (χ4v) is 20.9. The van der Waals surface area contributed by atoms with E-state index in [4.69, 9.17) is 52.1 Å². The Morgan fingerprint density at radius 2 is 0.774 bits per heavy atom. The van der Waals surface area contributed by atoms with Crippen molar-refractivity contribution in [3.05, 3.63) is 167 Å². The first kappa shape index (κ1) is 95.0. The quantitative estimate of drug-likeness (QED) is 0.0546. The number of aliphatic hydroxyl groups is 9. The molecule has 39 heteroatoms. The lowest BCUT2D eigenvalue weighted by atomic mass is 9.72. The smallest absolute Gasteiger partial charge is 0.202 e. The summed E-state index contributed by atoms with van der Waals surface area (Å²) in [5.74, 6) is -11.2. The van der Waals surface area contributed by atoms with E-state index in [1.807, 2.05) is 17.2 Å². The minimum absolute atomic E-state index is 0.0293. The highest BCUT2D eigenvalue weighted by Crippen LogP contribution is 2.58. The molecule has 0 bridgehead atoms. The molecule has 0 aromatic heterocycles. The molecular formula is C94H102N4O35. The van der Waals surface area contributed by atoms with Gasteiger partial charge in [-0.1, -0.05) is 42.5 Å². The van der Waals surface area contributed by atoms with Crippen molar-refractivity contribution in [3.8, 4) is 57.8 Å². The Labute approximate surface area is 758 Å². The summed E-state index contributed by atoms with van der Waals surface area (Å²) in [7, 11) is 3.99. The lowest BCUT2D eigenvalue weighted by molar-refractivity contribution is -0.262. The number of nitrogens with zero attached hydrogens (tertiary/aromatic N) is 4. The number of carbonyl (C=O) groups is 9. The van der Waals surface area contributed by atoms with E-state index >= 15 is 0 Å². The third-order valence-electron chi connectivity index (χ3n) is 27.7. The maximum atomic E-state index is 13.9. The van der Waals surface area contributed by atoms with E-state index in [0.717, 1.165) is 6.42 Å². The number of phenolic OH excluding ortho intramolecular Hbond substituents is 6. The van der Waals surface area contributed by atoms with Crippen molar-refractivity contribution in [2.75, 3.05) is 93.8 Å². The Morgan fingerprint density at radius 1 is 0.444 bits per heavy atom. The number of nitriles is 1. The number of Topliss-reactive ketones (excluding diaryl/α,β-unsaturated/α-hetero) is 3. The van der Waals surface area contributed by atoms with Crippen LogP contribution in [0, 0.1) is 11.3 Å². The largest absolute Gasteiger partial charge is 0.507 e. The number of ether oxygens (including phenoxy) is 11. The van der Waals surface area contributed by atoms with Crippen molar-refractivity contribution in [3.63, 3.8) is 0 Å². The minimum atomic E-state index is -2.29. The van der Waals surface area contributed by atoms with Crippen LogP contribution in [0.25, 0.3) is 0 Å². The number of hydrogen-bond donors (Lipinski definition) is 15. The summed E-state index contributed by atoms with van der Waals surface area (Å²) in [6.45, 7) is 5.62. The molecular weight excluding hydrogens is 1750 g/mol. The normalized spacial score (nSPS) is 30.3. The van der Waals surface area contributed by atoms with Crippen molar-refractivity contribution in [2.24, 2.45) is 0 Å². The Morgan fingerprint density at radius 3 is 1.11 bits per heavy atom. The summed E-state index contributed by atoms with van der Waals surface area (Å²) in [5, 5.41) is 175. The molecule has 5 fully saturated rings. The van der Waals surface area contributed by atoms with Crippen LogP contribution in [0.4, 0.5) is 0 Å². The minimum Gasteiger partial charge on any atom is -0.507 e. The molecule has 6 aromatic carbocycles. The Bertz CT molecular complexity index is 5820. The average molecular weight is 1850 g/mol. The van der Waals surface area contributed by atoms with Gasteiger partial charge in [0.05, 0.1) is 159 Å². The zero-order valence-corrected chi connectivity index (χ0v) is 73.1. The van der Waals surface area contributed by atoms with Gasteiger partial charge < -0.3 is 134 Å². The third kappa shape index (κ3) is 16.4. The molecule has 19 atom stereocenters. The van der Waals surface area contributed by atoms with Crippen LogP contribution in [-0.4, -0.2) is 334 Å². The van der Waals surface area contributed by atoms with Crippen LogP contribution >= 0.6 is 0 Å². The van der Waals surface area contributed by atoms with Crippen LogP contribution < -0.4 is 14.2 Å². The van der Waals surface area contributed by atoms with Gasteiger partial charge in [0.1, 0.15) is 101 Å². The van der Waals surface area contributed by atoms with Crippen molar-refractivity contribution in [2.45, 2.75) is 200 Å². The highest BCUT2D eigenvalue weighted by Gasteiger charge is 2.57. The number of ketones is 9. The first-order valence-electron chi connectivity index (χ1n) is 43.6. The maximum absolute atomic E-state index is 13.9. The number of phenols is 6. The summed E-state index contributed by atoms with van der Waals surface area (Å²) in [6.07, 6.45) is -9.98. The highest BCUT2D eigenvalue weighted by atomic mass is 16.7. The van der Waals surface area contributed by atoms with Gasteiger partial charge in [0.15, 0.2) is 53.6 Å². The molecule has 6 aliphatic heterocycles. The van der Waals surface area contributed by atoms with Crippen LogP contribution in [0.15, 0.2) is 66.9 Å². The summed E-state index contributed by atoms with van der Waals surface area (Å²) >= 11 is 0. The second-order valence-corrected chi connectivity index (χ2v) is 35.2. The van der Waals surface area contributed by atoms with E-state index in [1.54, 1.807) is 25.7 Å². The van der Waals surface area contributed by atoms with Crippen molar-refractivity contribution in [1.29, 1.82) is 5.26 Å². The van der Waals surface area contributed by atoms with Crippen molar-refractivity contribution in [1.82, 2.24) is 14.7 Å². The number of carbonyl (C=O) groups excluding carboxylic acids is 9. The van der Waals surface area contributed by atoms with Gasteiger partial charge in [-0.15, -0.1) is 0 Å². The molecule has 5 saturated heterocycles. The van der Waals surface area contributed by atoms with Crippen LogP contribution in [0.5, 0.6) is 51.7 Å². The van der Waals surface area contributed by atoms with Crippen LogP contribution in [0.3, 0.4) is 0 Å². The number of fused-ring (bicyclic) bond motifs is 9. The fourth-order valence-electron chi connectivity index (χ4n) is 20.9. The van der Waals surface area contributed by atoms with Crippen LogP contribution in [0.2, 0.25) is 0 Å². The van der Waals surface area contributed by atoms with Crippen molar-refractivity contribution >= 4 is 52.0 Å².